The van der Waals surface area contributed by atoms with Crippen LogP contribution in [0.3, 0.4) is 0 Å². The molecule has 0 fully saturated rings. The number of alkyl halides is 3. The van der Waals surface area contributed by atoms with Gasteiger partial charge in [0, 0.05) is 11.1 Å². The Bertz CT molecular complexity index is 601. The largest absolute Gasteiger partial charge is 0.344 e. The first-order valence-corrected chi connectivity index (χ1v) is 6.13. The molecule has 0 aliphatic heterocycles. The van der Waals surface area contributed by atoms with Crippen LogP contribution in [0, 0.1) is 5.82 Å². The van der Waals surface area contributed by atoms with Gasteiger partial charge in [0.05, 0.1) is 5.75 Å². The second kappa shape index (κ2) is 4.04. The molecule has 0 spiro atoms. The molecule has 0 bridgehead atoms. The minimum absolute atomic E-state index is 0.313. The highest BCUT2D eigenvalue weighted by atomic mass is 32.2. The molecule has 3 nitrogen and oxygen atoms in total. The summed E-state index contributed by atoms with van der Waals surface area (Å²) < 4.78 is 74.1. The summed E-state index contributed by atoms with van der Waals surface area (Å²) in [4.78, 5) is 11.3. The molecule has 0 radical (unpaired) electrons. The number of hydrogen-bond donors (Lipinski definition) is 1. The summed E-state index contributed by atoms with van der Waals surface area (Å²) >= 11 is 0. The predicted octanol–water partition coefficient (Wildman–Crippen LogP) is 1.78. The van der Waals surface area contributed by atoms with Crippen molar-refractivity contribution in [1.29, 1.82) is 0 Å². The van der Waals surface area contributed by atoms with Gasteiger partial charge in [0.25, 0.3) is 0 Å². The van der Waals surface area contributed by atoms with Crippen molar-refractivity contribution in [2.24, 2.45) is 0 Å². The van der Waals surface area contributed by atoms with Gasteiger partial charge < -0.3 is 0 Å². The molecule has 0 aromatic heterocycles. The number of thiol groups is 1. The molecule has 1 aromatic rings. The molecule has 2 rings (SSSR count). The average Bonchev–Trinajstić information content (AvgIpc) is 2.44. The maximum Gasteiger partial charge on any atom is 0.344 e. The normalized spacial score (nSPS) is 21.4. The summed E-state index contributed by atoms with van der Waals surface area (Å²) in [5.74, 6) is -8.23. The highest BCUT2D eigenvalue weighted by Crippen LogP contribution is 2.47. The van der Waals surface area contributed by atoms with Crippen LogP contribution in [0.4, 0.5) is 17.6 Å². The summed E-state index contributed by atoms with van der Waals surface area (Å²) in [5, 5.41) is 0. The van der Waals surface area contributed by atoms with Gasteiger partial charge in [0.15, 0.2) is 6.17 Å². The van der Waals surface area contributed by atoms with Gasteiger partial charge in [-0.3, -0.25) is 4.79 Å². The maximum atomic E-state index is 13.4. The van der Waals surface area contributed by atoms with E-state index in [9.17, 15) is 30.8 Å². The van der Waals surface area contributed by atoms with Crippen molar-refractivity contribution in [3.05, 3.63) is 34.6 Å². The Kier molecular flexibility index (Phi) is 2.92. The van der Waals surface area contributed by atoms with E-state index in [1.54, 1.807) is 0 Å². The first-order valence-electron chi connectivity index (χ1n) is 4.76. The van der Waals surface area contributed by atoms with E-state index in [1.807, 2.05) is 0 Å². The second-order valence-electron chi connectivity index (χ2n) is 3.80. The Morgan fingerprint density at radius 1 is 1.28 bits per heavy atom. The Labute approximate surface area is 100 Å². The topological polar surface area (TPSA) is 51.2 Å². The molecule has 8 heteroatoms. The molecule has 18 heavy (non-hydrogen) atoms. The smallest absolute Gasteiger partial charge is 0.287 e. The molecule has 0 unspecified atom stereocenters. The number of carbonyl (C=O) groups excluding carboxylic acids is 1. The van der Waals surface area contributed by atoms with Gasteiger partial charge >= 0.3 is 5.92 Å². The lowest BCUT2D eigenvalue weighted by atomic mass is 10.0. The highest BCUT2D eigenvalue weighted by Gasteiger charge is 2.58. The first kappa shape index (κ1) is 13.0. The van der Waals surface area contributed by atoms with Gasteiger partial charge in [-0.15, -0.1) is 0 Å². The zero-order chi connectivity index (χ0) is 13.7. The zero-order valence-corrected chi connectivity index (χ0v) is 9.52. The fourth-order valence-electron chi connectivity index (χ4n) is 1.89. The number of Topliss-reactive ketones (excluding diaryl/α,β-unsaturated/α-hetero) is 1. The number of fused-ring (bicyclic) bond motifs is 1. The monoisotopic (exact) mass is 282 g/mol. The van der Waals surface area contributed by atoms with Crippen LogP contribution in [0.5, 0.6) is 0 Å². The minimum Gasteiger partial charge on any atom is -0.287 e. The third-order valence-corrected chi connectivity index (χ3v) is 3.28. The third-order valence-electron chi connectivity index (χ3n) is 2.68. The van der Waals surface area contributed by atoms with Crippen LogP contribution in [0.1, 0.15) is 27.7 Å². The van der Waals surface area contributed by atoms with Crippen molar-refractivity contribution in [2.45, 2.75) is 17.8 Å². The summed E-state index contributed by atoms with van der Waals surface area (Å²) in [6.45, 7) is 0. The van der Waals surface area contributed by atoms with Crippen molar-refractivity contribution in [3.8, 4) is 0 Å². The lowest BCUT2D eigenvalue weighted by Gasteiger charge is -2.09. The summed E-state index contributed by atoms with van der Waals surface area (Å²) in [7, 11) is -3.00. The molecule has 98 valence electrons. The molecule has 0 heterocycles. The molecule has 0 saturated heterocycles. The SMILES string of the molecule is O=C1c2c(C[SH](=O)=O)ccc(F)c2[C@@H](F)C1(F)F. The Morgan fingerprint density at radius 3 is 2.44 bits per heavy atom. The van der Waals surface area contributed by atoms with Crippen molar-refractivity contribution in [3.63, 3.8) is 0 Å². The van der Waals surface area contributed by atoms with E-state index in [1.165, 1.54) is 0 Å². The number of carbonyl (C=O) groups is 1. The summed E-state index contributed by atoms with van der Waals surface area (Å²) in [6, 6.07) is 1.57. The quantitative estimate of drug-likeness (QED) is 0.664. The number of ketones is 1. The van der Waals surface area contributed by atoms with E-state index in [-0.39, 0.29) is 5.56 Å². The number of benzene rings is 1. The van der Waals surface area contributed by atoms with Crippen molar-refractivity contribution in [2.75, 3.05) is 0 Å². The Hall–Kier alpha value is -1.44. The molecule has 1 aliphatic rings. The van der Waals surface area contributed by atoms with E-state index in [2.05, 4.69) is 0 Å². The lowest BCUT2D eigenvalue weighted by molar-refractivity contribution is -0.0372. The predicted molar refractivity (Wildman–Crippen MR) is 53.5 cm³/mol. The summed E-state index contributed by atoms with van der Waals surface area (Å²) in [6.07, 6.45) is -3.08. The molecule has 0 N–H and O–H groups in total. The fourth-order valence-corrected chi connectivity index (χ4v) is 2.43. The van der Waals surface area contributed by atoms with Gasteiger partial charge in [0.2, 0.25) is 5.78 Å². The molecule has 1 atom stereocenters. The minimum atomic E-state index is -4.35. The van der Waals surface area contributed by atoms with E-state index in [0.29, 0.717) is 6.07 Å². The van der Waals surface area contributed by atoms with E-state index in [4.69, 9.17) is 0 Å². The maximum absolute atomic E-state index is 13.4. The lowest BCUT2D eigenvalue weighted by Crippen LogP contribution is -2.26. The first-order chi connectivity index (χ1) is 8.26. The average molecular weight is 282 g/mol. The molecular formula is C10H6F4O3S. The molecular weight excluding hydrogens is 276 g/mol. The van der Waals surface area contributed by atoms with Crippen LogP contribution >= 0.6 is 0 Å². The van der Waals surface area contributed by atoms with Gasteiger partial charge in [0.1, 0.15) is 16.5 Å². The molecule has 1 aromatic carbocycles. The highest BCUT2D eigenvalue weighted by molar-refractivity contribution is 7.71. The van der Waals surface area contributed by atoms with Crippen LogP contribution in [-0.2, 0) is 16.5 Å². The van der Waals surface area contributed by atoms with E-state index in [0.717, 1.165) is 6.07 Å². The van der Waals surface area contributed by atoms with E-state index < -0.39 is 51.3 Å². The number of halogens is 4. The molecule has 0 amide bonds. The van der Waals surface area contributed by atoms with Crippen LogP contribution in [-0.4, -0.2) is 20.1 Å². The number of hydrogen-bond acceptors (Lipinski definition) is 3. The van der Waals surface area contributed by atoms with Gasteiger partial charge in [-0.05, 0) is 11.6 Å². The zero-order valence-electron chi connectivity index (χ0n) is 8.62. The van der Waals surface area contributed by atoms with Gasteiger partial charge in [-0.25, -0.2) is 17.2 Å². The second-order valence-corrected chi connectivity index (χ2v) is 4.78. The van der Waals surface area contributed by atoms with Crippen LogP contribution in [0.25, 0.3) is 0 Å². The Morgan fingerprint density at radius 2 is 1.89 bits per heavy atom. The summed E-state index contributed by atoms with van der Waals surface area (Å²) in [5.41, 5.74) is -2.22. The Balaban J connectivity index is 2.71. The number of rotatable bonds is 2. The van der Waals surface area contributed by atoms with Gasteiger partial charge in [-0.2, -0.15) is 8.78 Å². The third kappa shape index (κ3) is 1.71. The van der Waals surface area contributed by atoms with Crippen LogP contribution in [0.15, 0.2) is 12.1 Å². The van der Waals surface area contributed by atoms with Crippen LogP contribution < -0.4 is 0 Å². The fraction of sp³-hybridized carbons (Fsp3) is 0.300. The van der Waals surface area contributed by atoms with E-state index >= 15 is 0 Å². The molecule has 0 saturated carbocycles. The van der Waals surface area contributed by atoms with Crippen molar-refractivity contribution in [1.82, 2.24) is 0 Å². The standard InChI is InChI=1S/C10H6F4O3S/c11-5-2-1-4(3-18(16)17)6-7(5)8(12)10(13,14)9(6)15/h1-2,8,18H,3H2/t8-/m1/s1. The van der Waals surface area contributed by atoms with Gasteiger partial charge in [-0.1, -0.05) is 6.07 Å². The van der Waals surface area contributed by atoms with Crippen molar-refractivity contribution < 1.29 is 30.8 Å². The molecule has 1 aliphatic carbocycles. The van der Waals surface area contributed by atoms with Crippen molar-refractivity contribution >= 4 is 16.5 Å². The van der Waals surface area contributed by atoms with Crippen LogP contribution in [0.2, 0.25) is 0 Å².